The minimum absolute atomic E-state index is 0.156. The summed E-state index contributed by atoms with van der Waals surface area (Å²) in [7, 11) is 0. The molecule has 0 rings (SSSR count). The Morgan fingerprint density at radius 2 is 2.20 bits per heavy atom. The van der Waals surface area contributed by atoms with Crippen LogP contribution in [0, 0.1) is 0 Å². The van der Waals surface area contributed by atoms with E-state index in [1.54, 1.807) is 6.08 Å². The molecular weight excluding hydrogens is 148 g/mol. The van der Waals surface area contributed by atoms with Crippen molar-refractivity contribution in [3.8, 4) is 0 Å². The molecule has 0 aliphatic rings. The number of rotatable bonds is 5. The second-order valence-electron chi connectivity index (χ2n) is 2.08. The van der Waals surface area contributed by atoms with Gasteiger partial charge < -0.3 is 4.55 Å². The Balaban J connectivity index is 3.12. The van der Waals surface area contributed by atoms with Crippen molar-refractivity contribution in [1.82, 2.24) is 0 Å². The molecule has 0 aliphatic heterocycles. The Bertz CT molecular complexity index is 121. The molecular formula is C7H13O2S-. The number of hydrogen-bond donors (Lipinski definition) is 0. The topological polar surface area (TPSA) is 40.1 Å². The van der Waals surface area contributed by atoms with Crippen molar-refractivity contribution in [2.45, 2.75) is 26.2 Å². The van der Waals surface area contributed by atoms with Gasteiger partial charge in [0.1, 0.15) is 0 Å². The van der Waals surface area contributed by atoms with Crippen LogP contribution < -0.4 is 0 Å². The van der Waals surface area contributed by atoms with Crippen LogP contribution in [0.15, 0.2) is 12.2 Å². The SMILES string of the molecule is CCCCC=CCS(=O)[O-]. The molecule has 1 unspecified atom stereocenters. The fourth-order valence-electron chi connectivity index (χ4n) is 0.586. The first kappa shape index (κ1) is 9.85. The van der Waals surface area contributed by atoms with Gasteiger partial charge in [-0.2, -0.15) is 0 Å². The summed E-state index contributed by atoms with van der Waals surface area (Å²) >= 11 is -1.91. The van der Waals surface area contributed by atoms with Crippen molar-refractivity contribution in [1.29, 1.82) is 0 Å². The van der Waals surface area contributed by atoms with Gasteiger partial charge in [0.25, 0.3) is 0 Å². The van der Waals surface area contributed by atoms with Crippen LogP contribution in [0.5, 0.6) is 0 Å². The lowest BCUT2D eigenvalue weighted by molar-refractivity contribution is 0.540. The van der Waals surface area contributed by atoms with Gasteiger partial charge in [-0.1, -0.05) is 43.0 Å². The molecule has 0 aromatic heterocycles. The van der Waals surface area contributed by atoms with Crippen LogP contribution in [-0.2, 0) is 11.1 Å². The summed E-state index contributed by atoms with van der Waals surface area (Å²) in [5.41, 5.74) is 0. The average molecular weight is 161 g/mol. The summed E-state index contributed by atoms with van der Waals surface area (Å²) in [5, 5.41) is 0. The summed E-state index contributed by atoms with van der Waals surface area (Å²) < 4.78 is 20.0. The molecule has 0 radical (unpaired) electrons. The fourth-order valence-corrected chi connectivity index (χ4v) is 0.880. The summed E-state index contributed by atoms with van der Waals surface area (Å²) in [6, 6.07) is 0. The summed E-state index contributed by atoms with van der Waals surface area (Å²) in [6.07, 6.45) is 6.90. The van der Waals surface area contributed by atoms with E-state index in [1.165, 1.54) is 0 Å². The zero-order valence-corrected chi connectivity index (χ0v) is 7.02. The van der Waals surface area contributed by atoms with E-state index in [0.717, 1.165) is 19.3 Å². The van der Waals surface area contributed by atoms with Crippen LogP contribution in [0.25, 0.3) is 0 Å². The van der Waals surface area contributed by atoms with Crippen LogP contribution >= 0.6 is 0 Å². The van der Waals surface area contributed by atoms with Crippen LogP contribution in [0.3, 0.4) is 0 Å². The minimum atomic E-state index is -1.91. The second kappa shape index (κ2) is 6.96. The third-order valence-corrected chi connectivity index (χ3v) is 1.59. The van der Waals surface area contributed by atoms with Crippen LogP contribution in [0.2, 0.25) is 0 Å². The zero-order valence-electron chi connectivity index (χ0n) is 6.21. The van der Waals surface area contributed by atoms with Gasteiger partial charge in [0, 0.05) is 5.75 Å². The van der Waals surface area contributed by atoms with Gasteiger partial charge in [0.2, 0.25) is 0 Å². The average Bonchev–Trinajstić information content (AvgIpc) is 1.87. The Morgan fingerprint density at radius 3 is 2.70 bits per heavy atom. The van der Waals surface area contributed by atoms with Crippen LogP contribution in [-0.4, -0.2) is 14.5 Å². The van der Waals surface area contributed by atoms with Crippen molar-refractivity contribution in [3.63, 3.8) is 0 Å². The smallest absolute Gasteiger partial charge is 0.0282 e. The Labute approximate surface area is 64.6 Å². The van der Waals surface area contributed by atoms with Crippen molar-refractivity contribution < 1.29 is 8.76 Å². The lowest BCUT2D eigenvalue weighted by Crippen LogP contribution is -1.89. The molecule has 0 fully saturated rings. The minimum Gasteiger partial charge on any atom is -0.772 e. The first-order chi connectivity index (χ1) is 4.77. The molecule has 0 spiro atoms. The maximum Gasteiger partial charge on any atom is 0.0282 e. The lowest BCUT2D eigenvalue weighted by atomic mass is 10.2. The summed E-state index contributed by atoms with van der Waals surface area (Å²) in [4.78, 5) is 0. The monoisotopic (exact) mass is 161 g/mol. The first-order valence-electron chi connectivity index (χ1n) is 3.48. The Hall–Kier alpha value is -0.150. The molecule has 0 heterocycles. The second-order valence-corrected chi connectivity index (χ2v) is 3.02. The van der Waals surface area contributed by atoms with E-state index < -0.39 is 11.1 Å². The van der Waals surface area contributed by atoms with E-state index in [0.29, 0.717) is 0 Å². The molecule has 0 saturated carbocycles. The van der Waals surface area contributed by atoms with E-state index in [4.69, 9.17) is 0 Å². The van der Waals surface area contributed by atoms with Crippen molar-refractivity contribution in [3.05, 3.63) is 12.2 Å². The highest BCUT2D eigenvalue weighted by molar-refractivity contribution is 7.79. The van der Waals surface area contributed by atoms with E-state index in [2.05, 4.69) is 6.92 Å². The Morgan fingerprint density at radius 1 is 1.50 bits per heavy atom. The third-order valence-electron chi connectivity index (χ3n) is 1.12. The molecule has 2 nitrogen and oxygen atoms in total. The molecule has 1 atom stereocenters. The fraction of sp³-hybridized carbons (Fsp3) is 0.714. The Kier molecular flexibility index (Phi) is 6.86. The van der Waals surface area contributed by atoms with Crippen molar-refractivity contribution in [2.75, 3.05) is 5.75 Å². The molecule has 60 valence electrons. The highest BCUT2D eigenvalue weighted by atomic mass is 32.2. The molecule has 0 aromatic rings. The van der Waals surface area contributed by atoms with Crippen LogP contribution in [0.4, 0.5) is 0 Å². The quantitative estimate of drug-likeness (QED) is 0.349. The van der Waals surface area contributed by atoms with Crippen LogP contribution in [0.1, 0.15) is 26.2 Å². The van der Waals surface area contributed by atoms with E-state index in [1.807, 2.05) is 6.08 Å². The molecule has 0 N–H and O–H groups in total. The van der Waals surface area contributed by atoms with Gasteiger partial charge in [-0.3, -0.25) is 4.21 Å². The molecule has 3 heteroatoms. The van der Waals surface area contributed by atoms with E-state index in [-0.39, 0.29) is 5.75 Å². The lowest BCUT2D eigenvalue weighted by Gasteiger charge is -1.97. The van der Waals surface area contributed by atoms with Gasteiger partial charge in [0.05, 0.1) is 0 Å². The van der Waals surface area contributed by atoms with Gasteiger partial charge >= 0.3 is 0 Å². The molecule has 0 amide bonds. The van der Waals surface area contributed by atoms with Gasteiger partial charge in [0.15, 0.2) is 0 Å². The molecule has 0 aliphatic carbocycles. The highest BCUT2D eigenvalue weighted by Crippen LogP contribution is 1.94. The number of unbranched alkanes of at least 4 members (excludes halogenated alkanes) is 2. The summed E-state index contributed by atoms with van der Waals surface area (Å²) in [6.45, 7) is 2.11. The maximum atomic E-state index is 9.98. The zero-order chi connectivity index (χ0) is 7.82. The first-order valence-corrected chi connectivity index (χ1v) is 4.72. The predicted molar refractivity (Wildman–Crippen MR) is 42.5 cm³/mol. The standard InChI is InChI=1S/C7H14O2S/c1-2-3-4-5-6-7-10(8)9/h5-6H,2-4,7H2,1H3,(H,8,9)/p-1. The predicted octanol–water partition coefficient (Wildman–Crippen LogP) is 1.61. The third kappa shape index (κ3) is 7.85. The normalized spacial score (nSPS) is 14.2. The van der Waals surface area contributed by atoms with Gasteiger partial charge in [-0.05, 0) is 6.42 Å². The van der Waals surface area contributed by atoms with Gasteiger partial charge in [-0.25, -0.2) is 0 Å². The van der Waals surface area contributed by atoms with Crippen molar-refractivity contribution >= 4 is 11.1 Å². The largest absolute Gasteiger partial charge is 0.772 e. The molecule has 0 bridgehead atoms. The van der Waals surface area contributed by atoms with Gasteiger partial charge in [-0.15, -0.1) is 0 Å². The maximum absolute atomic E-state index is 9.98. The van der Waals surface area contributed by atoms with E-state index in [9.17, 15) is 8.76 Å². The summed E-state index contributed by atoms with van der Waals surface area (Å²) in [5.74, 6) is 0.156. The molecule has 0 saturated heterocycles. The highest BCUT2D eigenvalue weighted by Gasteiger charge is 1.78. The van der Waals surface area contributed by atoms with E-state index >= 15 is 0 Å². The molecule has 10 heavy (non-hydrogen) atoms. The van der Waals surface area contributed by atoms with Crippen molar-refractivity contribution in [2.24, 2.45) is 0 Å². The number of allylic oxidation sites excluding steroid dienone is 1. The molecule has 0 aromatic carbocycles. The number of hydrogen-bond acceptors (Lipinski definition) is 2.